The molecule has 0 aliphatic rings. The van der Waals surface area contributed by atoms with Crippen LogP contribution in [0.2, 0.25) is 0 Å². The van der Waals surface area contributed by atoms with E-state index in [1.165, 1.54) is 7.11 Å². The molecule has 1 aromatic carbocycles. The molecule has 6 nitrogen and oxygen atoms in total. The highest BCUT2D eigenvalue weighted by Gasteiger charge is 2.10. The molecule has 6 heteroatoms. The SMILES string of the molecule is COc1cc(N=[N+]=[N-])ccc1-c1ccc(CO)o1. The molecule has 0 spiro atoms. The summed E-state index contributed by atoms with van der Waals surface area (Å²) in [6.45, 7) is -0.154. The number of furan rings is 1. The van der Waals surface area contributed by atoms with E-state index in [1.807, 2.05) is 0 Å². The molecule has 0 radical (unpaired) electrons. The third-order valence-electron chi connectivity index (χ3n) is 2.43. The molecule has 92 valence electrons. The van der Waals surface area contributed by atoms with Crippen molar-refractivity contribution in [3.05, 3.63) is 46.5 Å². The highest BCUT2D eigenvalue weighted by molar-refractivity contribution is 5.69. The van der Waals surface area contributed by atoms with Gasteiger partial charge in [-0.1, -0.05) is 11.2 Å². The maximum Gasteiger partial charge on any atom is 0.138 e. The van der Waals surface area contributed by atoms with Gasteiger partial charge >= 0.3 is 0 Å². The van der Waals surface area contributed by atoms with Crippen LogP contribution in [0.25, 0.3) is 21.8 Å². The zero-order valence-corrected chi connectivity index (χ0v) is 9.70. The number of ether oxygens (including phenoxy) is 1. The summed E-state index contributed by atoms with van der Waals surface area (Å²) in [4.78, 5) is 2.71. The highest BCUT2D eigenvalue weighted by Crippen LogP contribution is 2.34. The van der Waals surface area contributed by atoms with Crippen LogP contribution in [-0.2, 0) is 6.61 Å². The molecule has 0 saturated heterocycles. The van der Waals surface area contributed by atoms with Crippen molar-refractivity contribution in [2.45, 2.75) is 6.61 Å². The fourth-order valence-corrected chi connectivity index (χ4v) is 1.60. The van der Waals surface area contributed by atoms with Crippen LogP contribution in [0.3, 0.4) is 0 Å². The standard InChI is InChI=1S/C12H11N3O3/c1-17-12-6-8(14-15-13)2-4-10(12)11-5-3-9(7-16)18-11/h2-6,16H,7H2,1H3. The predicted octanol–water partition coefficient (Wildman–Crippen LogP) is 3.39. The molecular weight excluding hydrogens is 234 g/mol. The van der Waals surface area contributed by atoms with E-state index in [4.69, 9.17) is 19.8 Å². The van der Waals surface area contributed by atoms with Gasteiger partial charge in [-0.05, 0) is 29.8 Å². The third-order valence-corrected chi connectivity index (χ3v) is 2.43. The van der Waals surface area contributed by atoms with Gasteiger partial charge in [0, 0.05) is 10.6 Å². The number of aliphatic hydroxyl groups is 1. The molecular formula is C12H11N3O3. The summed E-state index contributed by atoms with van der Waals surface area (Å²) in [5, 5.41) is 12.5. The molecule has 18 heavy (non-hydrogen) atoms. The van der Waals surface area contributed by atoms with E-state index in [0.29, 0.717) is 23.0 Å². The fraction of sp³-hybridized carbons (Fsp3) is 0.167. The van der Waals surface area contributed by atoms with Crippen molar-refractivity contribution in [3.8, 4) is 17.1 Å². The average molecular weight is 245 g/mol. The van der Waals surface area contributed by atoms with Crippen molar-refractivity contribution in [1.29, 1.82) is 0 Å². The summed E-state index contributed by atoms with van der Waals surface area (Å²) in [5.74, 6) is 1.60. The van der Waals surface area contributed by atoms with Crippen molar-refractivity contribution < 1.29 is 14.3 Å². The van der Waals surface area contributed by atoms with Crippen LogP contribution in [0.15, 0.2) is 39.9 Å². The van der Waals surface area contributed by atoms with Crippen LogP contribution < -0.4 is 4.74 Å². The Morgan fingerprint density at radius 3 is 2.83 bits per heavy atom. The van der Waals surface area contributed by atoms with E-state index < -0.39 is 0 Å². The molecule has 0 unspecified atom stereocenters. The van der Waals surface area contributed by atoms with E-state index in [9.17, 15) is 0 Å². The lowest BCUT2D eigenvalue weighted by molar-refractivity contribution is 0.248. The second kappa shape index (κ2) is 5.27. The second-order valence-corrected chi connectivity index (χ2v) is 3.50. The topological polar surface area (TPSA) is 91.4 Å². The van der Waals surface area contributed by atoms with Gasteiger partial charge in [-0.25, -0.2) is 0 Å². The van der Waals surface area contributed by atoms with Gasteiger partial charge in [0.1, 0.15) is 23.9 Å². The van der Waals surface area contributed by atoms with Crippen molar-refractivity contribution in [2.75, 3.05) is 7.11 Å². The van der Waals surface area contributed by atoms with Crippen molar-refractivity contribution in [1.82, 2.24) is 0 Å². The fourth-order valence-electron chi connectivity index (χ4n) is 1.60. The lowest BCUT2D eigenvalue weighted by Crippen LogP contribution is -1.86. The zero-order chi connectivity index (χ0) is 13.0. The number of hydrogen-bond donors (Lipinski definition) is 1. The van der Waals surface area contributed by atoms with Crippen LogP contribution in [0.5, 0.6) is 5.75 Å². The lowest BCUT2D eigenvalue weighted by atomic mass is 10.1. The Kier molecular flexibility index (Phi) is 3.52. The number of azide groups is 1. The summed E-state index contributed by atoms with van der Waals surface area (Å²) in [7, 11) is 1.52. The van der Waals surface area contributed by atoms with Crippen LogP contribution in [0.4, 0.5) is 5.69 Å². The van der Waals surface area contributed by atoms with E-state index in [-0.39, 0.29) is 6.61 Å². The molecule has 1 aromatic heterocycles. The van der Waals surface area contributed by atoms with E-state index >= 15 is 0 Å². The summed E-state index contributed by atoms with van der Waals surface area (Å²) >= 11 is 0. The molecule has 0 bridgehead atoms. The summed E-state index contributed by atoms with van der Waals surface area (Å²) < 4.78 is 10.7. The molecule has 1 N–H and O–H groups in total. The third kappa shape index (κ3) is 2.29. The Labute approximate surface area is 103 Å². The van der Waals surface area contributed by atoms with Crippen LogP contribution in [0.1, 0.15) is 5.76 Å². The first-order chi connectivity index (χ1) is 8.78. The second-order valence-electron chi connectivity index (χ2n) is 3.50. The minimum absolute atomic E-state index is 0.154. The Morgan fingerprint density at radius 1 is 1.39 bits per heavy atom. The van der Waals surface area contributed by atoms with Crippen LogP contribution in [0, 0.1) is 0 Å². The Balaban J connectivity index is 2.46. The van der Waals surface area contributed by atoms with Gasteiger partial charge in [-0.15, -0.1) is 0 Å². The Bertz CT molecular complexity index is 600. The number of benzene rings is 1. The number of aliphatic hydroxyl groups excluding tert-OH is 1. The molecule has 0 aliphatic heterocycles. The molecule has 2 aromatic rings. The van der Waals surface area contributed by atoms with Crippen molar-refractivity contribution in [2.24, 2.45) is 5.11 Å². The Hall–Kier alpha value is -2.43. The van der Waals surface area contributed by atoms with E-state index in [0.717, 1.165) is 5.56 Å². The molecule has 1 heterocycles. The van der Waals surface area contributed by atoms with Gasteiger partial charge < -0.3 is 14.3 Å². The quantitative estimate of drug-likeness (QED) is 0.508. The van der Waals surface area contributed by atoms with Gasteiger partial charge in [-0.3, -0.25) is 0 Å². The average Bonchev–Trinajstić information content (AvgIpc) is 2.87. The van der Waals surface area contributed by atoms with E-state index in [1.54, 1.807) is 30.3 Å². The summed E-state index contributed by atoms with van der Waals surface area (Å²) in [5.41, 5.74) is 9.57. The normalized spacial score (nSPS) is 9.89. The van der Waals surface area contributed by atoms with Gasteiger partial charge in [0.2, 0.25) is 0 Å². The minimum atomic E-state index is -0.154. The summed E-state index contributed by atoms with van der Waals surface area (Å²) in [6.07, 6.45) is 0. The first kappa shape index (κ1) is 12.0. The monoisotopic (exact) mass is 245 g/mol. The predicted molar refractivity (Wildman–Crippen MR) is 65.4 cm³/mol. The maximum atomic E-state index is 8.96. The van der Waals surface area contributed by atoms with Gasteiger partial charge in [0.15, 0.2) is 0 Å². The molecule has 0 aliphatic carbocycles. The largest absolute Gasteiger partial charge is 0.496 e. The molecule has 0 saturated carbocycles. The first-order valence-electron chi connectivity index (χ1n) is 5.21. The molecule has 0 atom stereocenters. The number of hydrogen-bond acceptors (Lipinski definition) is 4. The zero-order valence-electron chi connectivity index (χ0n) is 9.70. The lowest BCUT2D eigenvalue weighted by Gasteiger charge is -2.06. The maximum absolute atomic E-state index is 8.96. The van der Waals surface area contributed by atoms with Gasteiger partial charge in [0.05, 0.1) is 12.7 Å². The van der Waals surface area contributed by atoms with Gasteiger partial charge in [-0.2, -0.15) is 0 Å². The number of rotatable bonds is 4. The van der Waals surface area contributed by atoms with Crippen LogP contribution in [-0.4, -0.2) is 12.2 Å². The van der Waals surface area contributed by atoms with Gasteiger partial charge in [0.25, 0.3) is 0 Å². The highest BCUT2D eigenvalue weighted by atomic mass is 16.5. The number of methoxy groups -OCH3 is 1. The number of nitrogens with zero attached hydrogens (tertiary/aromatic N) is 3. The van der Waals surface area contributed by atoms with Crippen molar-refractivity contribution >= 4 is 5.69 Å². The van der Waals surface area contributed by atoms with E-state index in [2.05, 4.69) is 10.0 Å². The molecule has 2 rings (SSSR count). The first-order valence-corrected chi connectivity index (χ1v) is 5.21. The Morgan fingerprint density at radius 2 is 2.22 bits per heavy atom. The molecule has 0 fully saturated rings. The minimum Gasteiger partial charge on any atom is -0.496 e. The smallest absolute Gasteiger partial charge is 0.138 e. The summed E-state index contributed by atoms with van der Waals surface area (Å²) in [6, 6.07) is 8.46. The van der Waals surface area contributed by atoms with Crippen LogP contribution >= 0.6 is 0 Å². The van der Waals surface area contributed by atoms with Crippen molar-refractivity contribution in [3.63, 3.8) is 0 Å². The molecule has 0 amide bonds.